The zero-order chi connectivity index (χ0) is 13.8. The normalized spacial score (nSPS) is 11.8. The van der Waals surface area contributed by atoms with Crippen molar-refractivity contribution in [3.8, 4) is 0 Å². The maximum absolute atomic E-state index is 5.85. The molecule has 0 saturated heterocycles. The Kier molecular flexibility index (Phi) is 2.01. The average molecular weight is 268 g/mol. The molecule has 98 valence electrons. The molecule has 0 bridgehead atoms. The van der Waals surface area contributed by atoms with Gasteiger partial charge in [0.05, 0.1) is 6.26 Å². The van der Waals surface area contributed by atoms with Crippen LogP contribution < -0.4 is 0 Å². The molecule has 0 unspecified atom stereocenters. The van der Waals surface area contributed by atoms with Gasteiger partial charge < -0.3 is 4.42 Å². The van der Waals surface area contributed by atoms with Gasteiger partial charge in [-0.25, -0.2) is 0 Å². The number of hydrogen-bond acceptors (Lipinski definition) is 1. The molecule has 4 aromatic carbocycles. The van der Waals surface area contributed by atoms with E-state index in [2.05, 4.69) is 60.7 Å². The van der Waals surface area contributed by atoms with E-state index >= 15 is 0 Å². The SMILES string of the molecule is c1ccc2c(c1)cc1c3ccccc3c3occcc3c21. The maximum atomic E-state index is 5.85. The van der Waals surface area contributed by atoms with Gasteiger partial charge in [0.2, 0.25) is 0 Å². The molecule has 1 heterocycles. The Bertz CT molecular complexity index is 1130. The fourth-order valence-corrected chi connectivity index (χ4v) is 3.43. The van der Waals surface area contributed by atoms with Gasteiger partial charge in [0, 0.05) is 16.2 Å². The third-order valence-electron chi connectivity index (χ3n) is 4.30. The first-order valence-corrected chi connectivity index (χ1v) is 7.13. The predicted molar refractivity (Wildman–Crippen MR) is 88.7 cm³/mol. The van der Waals surface area contributed by atoms with Crippen molar-refractivity contribution in [1.82, 2.24) is 0 Å². The van der Waals surface area contributed by atoms with Crippen molar-refractivity contribution in [2.75, 3.05) is 0 Å². The first kappa shape index (κ1) is 10.9. The van der Waals surface area contributed by atoms with Crippen LogP contribution in [0.1, 0.15) is 0 Å². The Morgan fingerprint density at radius 1 is 0.571 bits per heavy atom. The summed E-state index contributed by atoms with van der Waals surface area (Å²) in [5, 5.41) is 8.80. The van der Waals surface area contributed by atoms with E-state index < -0.39 is 0 Å². The van der Waals surface area contributed by atoms with Crippen molar-refractivity contribution in [2.45, 2.75) is 0 Å². The Morgan fingerprint density at radius 3 is 2.19 bits per heavy atom. The van der Waals surface area contributed by atoms with Crippen molar-refractivity contribution in [3.05, 3.63) is 73.0 Å². The van der Waals surface area contributed by atoms with E-state index in [-0.39, 0.29) is 0 Å². The molecule has 21 heavy (non-hydrogen) atoms. The summed E-state index contributed by atoms with van der Waals surface area (Å²) in [6.07, 6.45) is 1.76. The Balaban J connectivity index is 2.25. The monoisotopic (exact) mass is 268 g/mol. The lowest BCUT2D eigenvalue weighted by atomic mass is 10.00. The van der Waals surface area contributed by atoms with E-state index in [1.54, 1.807) is 6.26 Å². The van der Waals surface area contributed by atoms with Gasteiger partial charge in [-0.1, -0.05) is 48.5 Å². The molecule has 0 saturated carbocycles. The Labute approximate surface area is 121 Å². The summed E-state index contributed by atoms with van der Waals surface area (Å²) in [4.78, 5) is 0. The van der Waals surface area contributed by atoms with E-state index in [0.29, 0.717) is 0 Å². The van der Waals surface area contributed by atoms with Crippen LogP contribution in [0.15, 0.2) is 77.4 Å². The molecule has 0 N–H and O–H groups in total. The van der Waals surface area contributed by atoms with E-state index in [0.717, 1.165) is 5.58 Å². The van der Waals surface area contributed by atoms with E-state index in [9.17, 15) is 0 Å². The van der Waals surface area contributed by atoms with Crippen LogP contribution in [0, 0.1) is 0 Å². The van der Waals surface area contributed by atoms with Crippen LogP contribution >= 0.6 is 0 Å². The minimum atomic E-state index is 0.969. The molecule has 0 aliphatic rings. The smallest absolute Gasteiger partial charge is 0.142 e. The zero-order valence-electron chi connectivity index (χ0n) is 11.3. The summed E-state index contributed by atoms with van der Waals surface area (Å²) in [5.74, 6) is 0. The summed E-state index contributed by atoms with van der Waals surface area (Å²) in [5.41, 5.74) is 0.969. The van der Waals surface area contributed by atoms with Gasteiger partial charge in [-0.3, -0.25) is 0 Å². The highest BCUT2D eigenvalue weighted by molar-refractivity contribution is 6.32. The zero-order valence-corrected chi connectivity index (χ0v) is 11.3. The second-order valence-corrected chi connectivity index (χ2v) is 5.42. The molecule has 0 radical (unpaired) electrons. The van der Waals surface area contributed by atoms with Gasteiger partial charge in [0.15, 0.2) is 0 Å². The van der Waals surface area contributed by atoms with E-state index in [1.807, 2.05) is 6.07 Å². The third kappa shape index (κ3) is 1.35. The number of benzene rings is 3. The van der Waals surface area contributed by atoms with Crippen LogP contribution in [0.25, 0.3) is 43.3 Å². The largest absolute Gasteiger partial charge is 0.464 e. The van der Waals surface area contributed by atoms with Crippen molar-refractivity contribution >= 4 is 43.3 Å². The second-order valence-electron chi connectivity index (χ2n) is 5.42. The van der Waals surface area contributed by atoms with Gasteiger partial charge in [0.1, 0.15) is 5.58 Å². The van der Waals surface area contributed by atoms with Crippen molar-refractivity contribution in [1.29, 1.82) is 0 Å². The second kappa shape index (κ2) is 3.86. The van der Waals surface area contributed by atoms with Gasteiger partial charge in [-0.2, -0.15) is 0 Å². The molecule has 0 spiro atoms. The standard InChI is InChI=1S/C20H12O/c1-2-7-14-13(6-1)12-18-15-8-3-4-9-16(15)20-17(19(14)18)10-5-11-21-20/h1-12H. The van der Waals surface area contributed by atoms with Gasteiger partial charge in [0.25, 0.3) is 0 Å². The van der Waals surface area contributed by atoms with Crippen LogP contribution in [0.2, 0.25) is 0 Å². The maximum Gasteiger partial charge on any atom is 0.142 e. The summed E-state index contributed by atoms with van der Waals surface area (Å²) >= 11 is 0. The minimum Gasteiger partial charge on any atom is -0.464 e. The lowest BCUT2D eigenvalue weighted by molar-refractivity contribution is 0.607. The summed E-state index contributed by atoms with van der Waals surface area (Å²) in [6.45, 7) is 0. The number of hydrogen-bond donors (Lipinski definition) is 0. The molecular weight excluding hydrogens is 256 g/mol. The fourth-order valence-electron chi connectivity index (χ4n) is 3.43. The fraction of sp³-hybridized carbons (Fsp3) is 0. The molecule has 1 aromatic heterocycles. The first-order valence-electron chi connectivity index (χ1n) is 7.13. The quantitative estimate of drug-likeness (QED) is 0.319. The third-order valence-corrected chi connectivity index (χ3v) is 4.30. The molecule has 0 fully saturated rings. The van der Waals surface area contributed by atoms with Crippen molar-refractivity contribution in [2.24, 2.45) is 0 Å². The minimum absolute atomic E-state index is 0.969. The lowest BCUT2D eigenvalue weighted by Crippen LogP contribution is -1.79. The molecule has 0 atom stereocenters. The Hall–Kier alpha value is -2.80. The summed E-state index contributed by atoms with van der Waals surface area (Å²) < 4.78 is 5.85. The van der Waals surface area contributed by atoms with Gasteiger partial charge >= 0.3 is 0 Å². The average Bonchev–Trinajstić information content (AvgIpc) is 2.95. The van der Waals surface area contributed by atoms with E-state index in [1.165, 1.54) is 37.7 Å². The molecular formula is C20H12O. The van der Waals surface area contributed by atoms with Crippen LogP contribution in [0.5, 0.6) is 0 Å². The molecule has 0 aliphatic heterocycles. The van der Waals surface area contributed by atoms with Crippen molar-refractivity contribution in [3.63, 3.8) is 0 Å². The van der Waals surface area contributed by atoms with Crippen LogP contribution in [-0.4, -0.2) is 0 Å². The number of rotatable bonds is 0. The lowest BCUT2D eigenvalue weighted by Gasteiger charge is -2.06. The van der Waals surface area contributed by atoms with Crippen LogP contribution in [0.4, 0.5) is 0 Å². The number of fused-ring (bicyclic) bond motifs is 8. The highest BCUT2D eigenvalue weighted by atomic mass is 16.3. The van der Waals surface area contributed by atoms with Crippen molar-refractivity contribution < 1.29 is 4.42 Å². The predicted octanol–water partition coefficient (Wildman–Crippen LogP) is 5.89. The Morgan fingerprint density at radius 2 is 1.29 bits per heavy atom. The molecule has 0 amide bonds. The molecule has 1 heteroatoms. The highest BCUT2D eigenvalue weighted by Crippen LogP contribution is 2.40. The van der Waals surface area contributed by atoms with E-state index in [4.69, 9.17) is 4.42 Å². The van der Waals surface area contributed by atoms with Crippen LogP contribution in [-0.2, 0) is 0 Å². The van der Waals surface area contributed by atoms with Gasteiger partial charge in [-0.15, -0.1) is 0 Å². The molecule has 5 aromatic rings. The topological polar surface area (TPSA) is 13.1 Å². The summed E-state index contributed by atoms with van der Waals surface area (Å²) in [7, 11) is 0. The molecule has 5 rings (SSSR count). The first-order chi connectivity index (χ1) is 10.4. The summed E-state index contributed by atoms with van der Waals surface area (Å²) in [6, 6.07) is 23.5. The molecule has 0 aliphatic carbocycles. The molecule has 1 nitrogen and oxygen atoms in total. The van der Waals surface area contributed by atoms with Crippen LogP contribution in [0.3, 0.4) is 0 Å². The highest BCUT2D eigenvalue weighted by Gasteiger charge is 2.13. The van der Waals surface area contributed by atoms with Gasteiger partial charge in [-0.05, 0) is 39.7 Å².